The second-order valence-corrected chi connectivity index (χ2v) is 4.68. The molecule has 0 heterocycles. The minimum atomic E-state index is 0.598. The van der Waals surface area contributed by atoms with Gasteiger partial charge in [0.1, 0.15) is 0 Å². The fraction of sp³-hybridized carbons (Fsp3) is 0.600. The largest absolute Gasteiger partial charge is 0.382 e. The maximum Gasteiger partial charge on any atom is 0.0700 e. The summed E-state index contributed by atoms with van der Waals surface area (Å²) in [6.07, 6.45) is 0. The molecule has 3 heteroatoms. The van der Waals surface area contributed by atoms with Crippen LogP contribution in [0.2, 0.25) is 0 Å². The molecule has 0 fully saturated rings. The summed E-state index contributed by atoms with van der Waals surface area (Å²) in [4.78, 5) is 0. The molecule has 1 aromatic carbocycles. The molecule has 0 radical (unpaired) electrons. The predicted molar refractivity (Wildman–Crippen MR) is 74.9 cm³/mol. The Morgan fingerprint density at radius 1 is 1.06 bits per heavy atom. The minimum absolute atomic E-state index is 0.598. The Kier molecular flexibility index (Phi) is 7.65. The van der Waals surface area contributed by atoms with Gasteiger partial charge in [-0.1, -0.05) is 38.1 Å². The Hall–Kier alpha value is -0.900. The molecule has 0 spiro atoms. The first-order valence-electron chi connectivity index (χ1n) is 6.60. The summed E-state index contributed by atoms with van der Waals surface area (Å²) in [7, 11) is 1.68. The van der Waals surface area contributed by atoms with Crippen molar-refractivity contribution in [3.63, 3.8) is 0 Å². The van der Waals surface area contributed by atoms with Gasteiger partial charge in [-0.3, -0.25) is 0 Å². The first-order valence-corrected chi connectivity index (χ1v) is 6.60. The van der Waals surface area contributed by atoms with Crippen LogP contribution in [0.15, 0.2) is 24.3 Å². The van der Waals surface area contributed by atoms with Crippen LogP contribution in [0, 0.1) is 0 Å². The molecule has 1 N–H and O–H groups in total. The first-order chi connectivity index (χ1) is 8.74. The van der Waals surface area contributed by atoms with Crippen molar-refractivity contribution in [2.75, 3.05) is 33.5 Å². The molecule has 3 nitrogen and oxygen atoms in total. The van der Waals surface area contributed by atoms with Crippen LogP contribution in [0.4, 0.5) is 0 Å². The van der Waals surface area contributed by atoms with Crippen LogP contribution in [-0.2, 0) is 16.0 Å². The quantitative estimate of drug-likeness (QED) is 0.684. The monoisotopic (exact) mass is 251 g/mol. The van der Waals surface area contributed by atoms with Gasteiger partial charge in [0, 0.05) is 20.2 Å². The molecule has 0 atom stereocenters. The first kappa shape index (κ1) is 15.2. The number of hydrogen-bond acceptors (Lipinski definition) is 3. The van der Waals surface area contributed by atoms with Crippen molar-refractivity contribution in [3.8, 4) is 0 Å². The number of hydrogen-bond donors (Lipinski definition) is 1. The molecule has 0 saturated carbocycles. The molecule has 0 aliphatic carbocycles. The third kappa shape index (κ3) is 6.15. The highest BCUT2D eigenvalue weighted by atomic mass is 16.5. The highest BCUT2D eigenvalue weighted by Gasteiger charge is 1.98. The van der Waals surface area contributed by atoms with Gasteiger partial charge in [-0.2, -0.15) is 0 Å². The van der Waals surface area contributed by atoms with Crippen molar-refractivity contribution >= 4 is 0 Å². The Morgan fingerprint density at radius 3 is 2.39 bits per heavy atom. The van der Waals surface area contributed by atoms with Gasteiger partial charge in [-0.15, -0.1) is 0 Å². The van der Waals surface area contributed by atoms with E-state index in [1.165, 1.54) is 11.1 Å². The summed E-state index contributed by atoms with van der Waals surface area (Å²) in [6.45, 7) is 8.25. The van der Waals surface area contributed by atoms with Crippen molar-refractivity contribution in [1.82, 2.24) is 5.32 Å². The molecule has 0 aliphatic heterocycles. The smallest absolute Gasteiger partial charge is 0.0700 e. The number of ether oxygens (including phenoxy) is 2. The summed E-state index contributed by atoms with van der Waals surface area (Å²) in [5, 5.41) is 3.36. The van der Waals surface area contributed by atoms with Gasteiger partial charge in [0.25, 0.3) is 0 Å². The highest BCUT2D eigenvalue weighted by molar-refractivity contribution is 5.24. The molecule has 0 unspecified atom stereocenters. The molecule has 0 aliphatic rings. The zero-order valence-corrected chi connectivity index (χ0v) is 11.7. The lowest BCUT2D eigenvalue weighted by Gasteiger charge is -2.08. The summed E-state index contributed by atoms with van der Waals surface area (Å²) in [6, 6.07) is 8.79. The lowest BCUT2D eigenvalue weighted by Crippen LogP contribution is -2.20. The minimum Gasteiger partial charge on any atom is -0.382 e. The maximum absolute atomic E-state index is 5.38. The van der Waals surface area contributed by atoms with E-state index >= 15 is 0 Å². The predicted octanol–water partition coefficient (Wildman–Crippen LogP) is 2.56. The zero-order chi connectivity index (χ0) is 13.2. The molecule has 0 amide bonds. The van der Waals surface area contributed by atoms with Gasteiger partial charge >= 0.3 is 0 Å². The SMILES string of the molecule is COCCOCCNCc1ccc(C(C)C)cc1. The van der Waals surface area contributed by atoms with Crippen LogP contribution in [0.1, 0.15) is 30.9 Å². The average Bonchev–Trinajstić information content (AvgIpc) is 2.38. The van der Waals surface area contributed by atoms with Gasteiger partial charge in [0.2, 0.25) is 0 Å². The summed E-state index contributed by atoms with van der Waals surface area (Å²) < 4.78 is 10.3. The van der Waals surface area contributed by atoms with Crippen LogP contribution in [0.5, 0.6) is 0 Å². The van der Waals surface area contributed by atoms with E-state index in [0.29, 0.717) is 19.1 Å². The van der Waals surface area contributed by atoms with E-state index in [9.17, 15) is 0 Å². The van der Waals surface area contributed by atoms with Crippen molar-refractivity contribution in [3.05, 3.63) is 35.4 Å². The number of methoxy groups -OCH3 is 1. The van der Waals surface area contributed by atoms with Crippen LogP contribution in [0.25, 0.3) is 0 Å². The molecule has 102 valence electrons. The average molecular weight is 251 g/mol. The third-order valence-electron chi connectivity index (χ3n) is 2.83. The van der Waals surface area contributed by atoms with E-state index in [4.69, 9.17) is 9.47 Å². The van der Waals surface area contributed by atoms with Crippen molar-refractivity contribution in [1.29, 1.82) is 0 Å². The highest BCUT2D eigenvalue weighted by Crippen LogP contribution is 2.14. The fourth-order valence-electron chi connectivity index (χ4n) is 1.64. The molecule has 18 heavy (non-hydrogen) atoms. The Labute approximate surface area is 110 Å². The Balaban J connectivity index is 2.12. The fourth-order valence-corrected chi connectivity index (χ4v) is 1.64. The van der Waals surface area contributed by atoms with E-state index in [0.717, 1.165) is 19.7 Å². The number of nitrogens with one attached hydrogen (secondary N) is 1. The lowest BCUT2D eigenvalue weighted by atomic mass is 10.0. The molecule has 1 aromatic rings. The Morgan fingerprint density at radius 2 is 1.78 bits per heavy atom. The van der Waals surface area contributed by atoms with Crippen LogP contribution < -0.4 is 5.32 Å². The standard InChI is InChI=1S/C15H25NO2/c1-13(2)15-6-4-14(5-7-15)12-16-8-9-18-11-10-17-3/h4-7,13,16H,8-12H2,1-3H3. The normalized spacial score (nSPS) is 11.1. The van der Waals surface area contributed by atoms with Crippen molar-refractivity contribution < 1.29 is 9.47 Å². The summed E-state index contributed by atoms with van der Waals surface area (Å²) in [5.74, 6) is 0.598. The van der Waals surface area contributed by atoms with E-state index in [-0.39, 0.29) is 0 Å². The maximum atomic E-state index is 5.38. The van der Waals surface area contributed by atoms with Gasteiger partial charge in [-0.05, 0) is 17.0 Å². The summed E-state index contributed by atoms with van der Waals surface area (Å²) >= 11 is 0. The zero-order valence-electron chi connectivity index (χ0n) is 11.7. The summed E-state index contributed by atoms with van der Waals surface area (Å²) in [5.41, 5.74) is 2.71. The topological polar surface area (TPSA) is 30.5 Å². The molecule has 0 saturated heterocycles. The Bertz CT molecular complexity index is 309. The molecular formula is C15H25NO2. The van der Waals surface area contributed by atoms with Gasteiger partial charge in [0.05, 0.1) is 19.8 Å². The number of rotatable bonds is 9. The van der Waals surface area contributed by atoms with Gasteiger partial charge in [-0.25, -0.2) is 0 Å². The van der Waals surface area contributed by atoms with Gasteiger partial charge < -0.3 is 14.8 Å². The second kappa shape index (κ2) is 9.09. The van der Waals surface area contributed by atoms with Gasteiger partial charge in [0.15, 0.2) is 0 Å². The van der Waals surface area contributed by atoms with E-state index < -0.39 is 0 Å². The van der Waals surface area contributed by atoms with E-state index in [1.807, 2.05) is 0 Å². The van der Waals surface area contributed by atoms with E-state index in [2.05, 4.69) is 43.4 Å². The van der Waals surface area contributed by atoms with Crippen LogP contribution >= 0.6 is 0 Å². The van der Waals surface area contributed by atoms with Crippen LogP contribution in [0.3, 0.4) is 0 Å². The molecule has 0 aromatic heterocycles. The molecule has 0 bridgehead atoms. The lowest BCUT2D eigenvalue weighted by molar-refractivity contribution is 0.0719. The molecule has 1 rings (SSSR count). The van der Waals surface area contributed by atoms with E-state index in [1.54, 1.807) is 7.11 Å². The second-order valence-electron chi connectivity index (χ2n) is 4.68. The van der Waals surface area contributed by atoms with Crippen molar-refractivity contribution in [2.24, 2.45) is 0 Å². The molecular weight excluding hydrogens is 226 g/mol. The van der Waals surface area contributed by atoms with Crippen LogP contribution in [-0.4, -0.2) is 33.5 Å². The third-order valence-corrected chi connectivity index (χ3v) is 2.83. The number of benzene rings is 1. The van der Waals surface area contributed by atoms with Crippen molar-refractivity contribution in [2.45, 2.75) is 26.3 Å².